The van der Waals surface area contributed by atoms with Gasteiger partial charge in [0.15, 0.2) is 0 Å². The van der Waals surface area contributed by atoms with Gasteiger partial charge in [0, 0.05) is 12.1 Å². The number of nitrogens with two attached hydrogens (primary N) is 1. The van der Waals surface area contributed by atoms with Gasteiger partial charge >= 0.3 is 0 Å². The van der Waals surface area contributed by atoms with Crippen molar-refractivity contribution in [3.63, 3.8) is 0 Å². The highest BCUT2D eigenvalue weighted by molar-refractivity contribution is 7.18. The van der Waals surface area contributed by atoms with Crippen LogP contribution in [0.5, 0.6) is 0 Å². The summed E-state index contributed by atoms with van der Waals surface area (Å²) in [6.45, 7) is 2.45. The Labute approximate surface area is 178 Å². The van der Waals surface area contributed by atoms with Gasteiger partial charge in [-0.3, -0.25) is 9.59 Å². The van der Waals surface area contributed by atoms with Gasteiger partial charge in [-0.05, 0) is 49.4 Å². The SMILES string of the molecule is Cc1ccccc1-c1nc(C(=O)N2CCCCC2C(N)=O)c(-c2ccc(F)cc2)s1. The van der Waals surface area contributed by atoms with Gasteiger partial charge in [-0.15, -0.1) is 11.3 Å². The quantitative estimate of drug-likeness (QED) is 0.676. The van der Waals surface area contributed by atoms with Crippen molar-refractivity contribution < 1.29 is 14.0 Å². The summed E-state index contributed by atoms with van der Waals surface area (Å²) in [4.78, 5) is 32.3. The lowest BCUT2D eigenvalue weighted by molar-refractivity contribution is -0.123. The number of halogens is 1. The summed E-state index contributed by atoms with van der Waals surface area (Å²) in [6, 6.07) is 13.2. The van der Waals surface area contributed by atoms with E-state index in [0.29, 0.717) is 28.4 Å². The normalized spacial score (nSPS) is 16.5. The molecule has 2 amide bonds. The van der Waals surface area contributed by atoms with Gasteiger partial charge in [0.2, 0.25) is 5.91 Å². The Morgan fingerprint density at radius 1 is 1.13 bits per heavy atom. The Balaban J connectivity index is 1.82. The second-order valence-corrected chi connectivity index (χ2v) is 8.43. The minimum Gasteiger partial charge on any atom is -0.368 e. The molecule has 1 fully saturated rings. The van der Waals surface area contributed by atoms with E-state index >= 15 is 0 Å². The molecule has 0 aliphatic carbocycles. The van der Waals surface area contributed by atoms with E-state index in [1.54, 1.807) is 12.1 Å². The largest absolute Gasteiger partial charge is 0.368 e. The first kappa shape index (κ1) is 20.2. The van der Waals surface area contributed by atoms with Crippen LogP contribution in [0.2, 0.25) is 0 Å². The molecule has 3 aromatic rings. The summed E-state index contributed by atoms with van der Waals surface area (Å²) >= 11 is 1.39. The first-order chi connectivity index (χ1) is 14.5. The fourth-order valence-corrected chi connectivity index (χ4v) is 4.95. The Bertz CT molecular complexity index is 1090. The van der Waals surface area contributed by atoms with Gasteiger partial charge in [-0.1, -0.05) is 36.4 Å². The highest BCUT2D eigenvalue weighted by atomic mass is 32.1. The number of rotatable bonds is 4. The number of aryl methyl sites for hydroxylation is 1. The van der Waals surface area contributed by atoms with Gasteiger partial charge in [-0.25, -0.2) is 9.37 Å². The molecule has 1 atom stereocenters. The van der Waals surface area contributed by atoms with Crippen molar-refractivity contribution in [1.29, 1.82) is 0 Å². The van der Waals surface area contributed by atoms with Crippen LogP contribution in [0.4, 0.5) is 4.39 Å². The average molecular weight is 424 g/mol. The Kier molecular flexibility index (Phi) is 5.63. The van der Waals surface area contributed by atoms with Crippen molar-refractivity contribution in [1.82, 2.24) is 9.88 Å². The van der Waals surface area contributed by atoms with Gasteiger partial charge in [0.05, 0.1) is 4.88 Å². The lowest BCUT2D eigenvalue weighted by atomic mass is 10.0. The minimum atomic E-state index is -0.629. The fraction of sp³-hybridized carbons (Fsp3) is 0.261. The van der Waals surface area contributed by atoms with Crippen LogP contribution in [0.25, 0.3) is 21.0 Å². The summed E-state index contributed by atoms with van der Waals surface area (Å²) in [5.41, 5.74) is 8.54. The van der Waals surface area contributed by atoms with Crippen LogP contribution in [-0.4, -0.2) is 34.3 Å². The molecular formula is C23H22FN3O2S. The number of carbonyl (C=O) groups excluding carboxylic acids is 2. The summed E-state index contributed by atoms with van der Waals surface area (Å²) < 4.78 is 13.5. The minimum absolute atomic E-state index is 0.276. The molecule has 0 saturated carbocycles. The van der Waals surface area contributed by atoms with Crippen LogP contribution in [-0.2, 0) is 4.79 Å². The summed E-state index contributed by atoms with van der Waals surface area (Å²) in [7, 11) is 0. The molecule has 1 aliphatic heterocycles. The Morgan fingerprint density at radius 2 is 1.87 bits per heavy atom. The molecule has 2 heterocycles. The zero-order chi connectivity index (χ0) is 21.3. The van der Waals surface area contributed by atoms with Crippen molar-refractivity contribution in [3.8, 4) is 21.0 Å². The molecule has 4 rings (SSSR count). The van der Waals surface area contributed by atoms with Crippen LogP contribution in [0, 0.1) is 12.7 Å². The average Bonchev–Trinajstić information content (AvgIpc) is 3.19. The lowest BCUT2D eigenvalue weighted by Crippen LogP contribution is -2.50. The van der Waals surface area contributed by atoms with Gasteiger partial charge in [0.1, 0.15) is 22.6 Å². The predicted molar refractivity (Wildman–Crippen MR) is 116 cm³/mol. The number of benzene rings is 2. The maximum Gasteiger partial charge on any atom is 0.274 e. The van der Waals surface area contributed by atoms with Crippen molar-refractivity contribution in [3.05, 3.63) is 65.6 Å². The summed E-state index contributed by atoms with van der Waals surface area (Å²) in [5.74, 6) is -1.16. The first-order valence-electron chi connectivity index (χ1n) is 9.89. The number of hydrogen-bond donors (Lipinski definition) is 1. The Hall–Kier alpha value is -3.06. The van der Waals surface area contributed by atoms with E-state index in [4.69, 9.17) is 10.7 Å². The van der Waals surface area contributed by atoms with Crippen LogP contribution < -0.4 is 5.73 Å². The number of piperidine rings is 1. The molecule has 1 saturated heterocycles. The van der Waals surface area contributed by atoms with Crippen LogP contribution >= 0.6 is 11.3 Å². The molecule has 2 N–H and O–H groups in total. The summed E-state index contributed by atoms with van der Waals surface area (Å²) in [5, 5.41) is 0.711. The molecule has 0 bridgehead atoms. The zero-order valence-electron chi connectivity index (χ0n) is 16.6. The van der Waals surface area contributed by atoms with Crippen LogP contribution in [0.1, 0.15) is 35.3 Å². The predicted octanol–water partition coefficient (Wildman–Crippen LogP) is 4.40. The summed E-state index contributed by atoms with van der Waals surface area (Å²) in [6.07, 6.45) is 2.23. The van der Waals surface area contributed by atoms with E-state index in [-0.39, 0.29) is 17.4 Å². The number of thiazole rings is 1. The van der Waals surface area contributed by atoms with Crippen molar-refractivity contribution in [2.75, 3.05) is 6.54 Å². The number of aromatic nitrogens is 1. The molecule has 0 spiro atoms. The third-order valence-corrected chi connectivity index (χ3v) is 6.54. The number of nitrogens with zero attached hydrogens (tertiary/aromatic N) is 2. The first-order valence-corrected chi connectivity index (χ1v) is 10.7. The smallest absolute Gasteiger partial charge is 0.274 e. The number of likely N-dealkylation sites (tertiary alicyclic amines) is 1. The third-order valence-electron chi connectivity index (χ3n) is 5.40. The van der Waals surface area contributed by atoms with Crippen molar-refractivity contribution in [2.24, 2.45) is 5.73 Å². The molecule has 7 heteroatoms. The maximum absolute atomic E-state index is 13.5. The van der Waals surface area contributed by atoms with E-state index in [1.807, 2.05) is 31.2 Å². The number of carbonyl (C=O) groups is 2. The maximum atomic E-state index is 13.5. The van der Waals surface area contributed by atoms with Crippen LogP contribution in [0.3, 0.4) is 0 Å². The Morgan fingerprint density at radius 3 is 2.57 bits per heavy atom. The molecule has 30 heavy (non-hydrogen) atoms. The van der Waals surface area contributed by atoms with E-state index in [9.17, 15) is 14.0 Å². The standard InChI is InChI=1S/C23H22FN3O2S/c1-14-6-2-3-7-17(14)22-26-19(20(30-22)15-9-11-16(24)12-10-15)23(29)27-13-5-4-8-18(27)21(25)28/h2-3,6-7,9-12,18H,4-5,8,13H2,1H3,(H2,25,28). The monoisotopic (exact) mass is 423 g/mol. The molecule has 1 unspecified atom stereocenters. The van der Waals surface area contributed by atoms with Crippen molar-refractivity contribution in [2.45, 2.75) is 32.2 Å². The molecule has 1 aliphatic rings. The number of amides is 2. The molecule has 0 radical (unpaired) electrons. The van der Waals surface area contributed by atoms with Gasteiger partial charge in [0.25, 0.3) is 5.91 Å². The fourth-order valence-electron chi connectivity index (χ4n) is 3.80. The van der Waals surface area contributed by atoms with E-state index in [1.165, 1.54) is 28.4 Å². The highest BCUT2D eigenvalue weighted by Crippen LogP contribution is 2.38. The van der Waals surface area contributed by atoms with E-state index in [2.05, 4.69) is 0 Å². The molecule has 5 nitrogen and oxygen atoms in total. The lowest BCUT2D eigenvalue weighted by Gasteiger charge is -2.33. The van der Waals surface area contributed by atoms with Crippen LogP contribution in [0.15, 0.2) is 48.5 Å². The van der Waals surface area contributed by atoms with Crippen molar-refractivity contribution >= 4 is 23.2 Å². The molecule has 2 aromatic carbocycles. The van der Waals surface area contributed by atoms with Gasteiger partial charge in [-0.2, -0.15) is 0 Å². The second kappa shape index (κ2) is 8.36. The third kappa shape index (κ3) is 3.85. The zero-order valence-corrected chi connectivity index (χ0v) is 17.4. The second-order valence-electron chi connectivity index (χ2n) is 7.43. The highest BCUT2D eigenvalue weighted by Gasteiger charge is 2.34. The number of hydrogen-bond acceptors (Lipinski definition) is 4. The van der Waals surface area contributed by atoms with E-state index in [0.717, 1.165) is 24.0 Å². The number of primary amides is 1. The molecule has 1 aromatic heterocycles. The molecular weight excluding hydrogens is 401 g/mol. The molecule has 154 valence electrons. The topological polar surface area (TPSA) is 76.3 Å². The van der Waals surface area contributed by atoms with E-state index < -0.39 is 11.9 Å². The van der Waals surface area contributed by atoms with Gasteiger partial charge < -0.3 is 10.6 Å².